The Hall–Kier alpha value is -1.91. The van der Waals surface area contributed by atoms with Crippen LogP contribution in [0.3, 0.4) is 0 Å². The molecule has 2 rings (SSSR count). The van der Waals surface area contributed by atoms with E-state index in [4.69, 9.17) is 24.6 Å². The SMILES string of the molecule is CCN.COc1ccc(CN)cc1.O=S(=O)(Cl)Cl.O=[N+]([O-])c1ccccc1. The fourth-order valence-electron chi connectivity index (χ4n) is 1.31. The summed E-state index contributed by atoms with van der Waals surface area (Å²) in [5.74, 6) is 0.872. The predicted octanol–water partition coefficient (Wildman–Crippen LogP) is 3.42. The summed E-state index contributed by atoms with van der Waals surface area (Å²) in [7, 11) is 6.46. The van der Waals surface area contributed by atoms with E-state index < -0.39 is 13.2 Å². The molecule has 0 saturated heterocycles. The van der Waals surface area contributed by atoms with E-state index in [0.29, 0.717) is 6.54 Å². The molecule has 152 valence electrons. The summed E-state index contributed by atoms with van der Waals surface area (Å²) < 4.78 is 23.3. The Balaban J connectivity index is 0. The molecule has 8 nitrogen and oxygen atoms in total. The third-order valence-electron chi connectivity index (χ3n) is 2.36. The van der Waals surface area contributed by atoms with Gasteiger partial charge in [0.15, 0.2) is 0 Å². The highest BCUT2D eigenvalue weighted by Crippen LogP contribution is 2.10. The molecule has 0 aliphatic carbocycles. The maximum atomic E-state index is 10.0. The lowest BCUT2D eigenvalue weighted by atomic mass is 10.2. The number of non-ortho nitro benzene ring substituents is 1. The van der Waals surface area contributed by atoms with Crippen LogP contribution in [0.5, 0.6) is 5.75 Å². The van der Waals surface area contributed by atoms with Crippen LogP contribution < -0.4 is 16.2 Å². The molecular formula is C16H23Cl2N3O5S. The lowest BCUT2D eigenvalue weighted by molar-refractivity contribution is -0.384. The lowest BCUT2D eigenvalue weighted by Crippen LogP contribution is -1.95. The van der Waals surface area contributed by atoms with E-state index in [0.717, 1.165) is 17.9 Å². The summed E-state index contributed by atoms with van der Waals surface area (Å²) in [4.78, 5) is 9.59. The molecule has 4 N–H and O–H groups in total. The molecule has 0 aliphatic rings. The second-order valence-electron chi connectivity index (χ2n) is 4.43. The quantitative estimate of drug-likeness (QED) is 0.424. The van der Waals surface area contributed by atoms with Crippen LogP contribution in [0.4, 0.5) is 5.69 Å². The summed E-state index contributed by atoms with van der Waals surface area (Å²) in [6.45, 7) is 3.24. The number of halogens is 2. The van der Waals surface area contributed by atoms with Crippen LogP contribution in [0.25, 0.3) is 0 Å². The summed E-state index contributed by atoms with van der Waals surface area (Å²) in [5, 5.41) is 10.0. The van der Waals surface area contributed by atoms with E-state index in [1.807, 2.05) is 31.2 Å². The van der Waals surface area contributed by atoms with Gasteiger partial charge in [-0.3, -0.25) is 10.1 Å². The second-order valence-corrected chi connectivity index (χ2v) is 8.10. The fourth-order valence-corrected chi connectivity index (χ4v) is 1.31. The lowest BCUT2D eigenvalue weighted by Gasteiger charge is -1.99. The molecule has 0 fully saturated rings. The third kappa shape index (κ3) is 20.3. The Kier molecular flexibility index (Phi) is 16.5. The Morgan fingerprint density at radius 1 is 1.04 bits per heavy atom. The van der Waals surface area contributed by atoms with Gasteiger partial charge < -0.3 is 16.2 Å². The standard InChI is InChI=1S/C8H11NO.C6H5NO2.C2H7N.Cl2O2S/c1-10-8-4-2-7(6-9)3-5-8;8-7(9)6-4-2-1-3-5-6;1-2-3;1-5(2,3)4/h2-5H,6,9H2,1H3;1-5H;2-3H2,1H3;. The van der Waals surface area contributed by atoms with Gasteiger partial charge in [0.2, 0.25) is 0 Å². The number of ether oxygens (including phenoxy) is 1. The molecule has 11 heteroatoms. The predicted molar refractivity (Wildman–Crippen MR) is 109 cm³/mol. The number of nitrogens with two attached hydrogens (primary N) is 2. The molecule has 0 heterocycles. The van der Waals surface area contributed by atoms with Gasteiger partial charge in [-0.05, 0) is 24.2 Å². The van der Waals surface area contributed by atoms with Crippen molar-refractivity contribution in [1.82, 2.24) is 0 Å². The topological polar surface area (TPSA) is 139 Å². The minimum atomic E-state index is -3.72. The van der Waals surface area contributed by atoms with E-state index in [9.17, 15) is 10.1 Å². The number of benzene rings is 2. The summed E-state index contributed by atoms with van der Waals surface area (Å²) in [5.41, 5.74) is 11.5. The van der Waals surface area contributed by atoms with E-state index in [2.05, 4.69) is 21.4 Å². The van der Waals surface area contributed by atoms with Crippen LogP contribution in [-0.2, 0) is 14.8 Å². The van der Waals surface area contributed by atoms with Crippen molar-refractivity contribution in [1.29, 1.82) is 0 Å². The molecule has 2 aromatic rings. The van der Waals surface area contributed by atoms with Gasteiger partial charge in [0.1, 0.15) is 5.75 Å². The maximum Gasteiger partial charge on any atom is 0.317 e. The normalized spacial score (nSPS) is 9.26. The molecule has 27 heavy (non-hydrogen) atoms. The van der Waals surface area contributed by atoms with Crippen LogP contribution in [0.1, 0.15) is 12.5 Å². The molecule has 0 spiro atoms. The number of nitrogens with zero attached hydrogens (tertiary/aromatic N) is 1. The van der Waals surface area contributed by atoms with E-state index in [1.165, 1.54) is 12.1 Å². The Bertz CT molecular complexity index is 698. The number of nitro groups is 1. The largest absolute Gasteiger partial charge is 0.497 e. The van der Waals surface area contributed by atoms with Crippen molar-refractivity contribution in [3.63, 3.8) is 0 Å². The molecule has 0 saturated carbocycles. The van der Waals surface area contributed by atoms with Gasteiger partial charge in [-0.1, -0.05) is 37.3 Å². The third-order valence-corrected chi connectivity index (χ3v) is 2.36. The first-order valence-corrected chi connectivity index (χ1v) is 10.6. The smallest absolute Gasteiger partial charge is 0.317 e. The number of rotatable bonds is 3. The molecule has 0 radical (unpaired) electrons. The number of methoxy groups -OCH3 is 1. The maximum absolute atomic E-state index is 10.0. The van der Waals surface area contributed by atoms with E-state index in [-0.39, 0.29) is 5.69 Å². The zero-order chi connectivity index (χ0) is 21.3. The number of hydrogen-bond donors (Lipinski definition) is 2. The van der Waals surface area contributed by atoms with Crippen molar-refractivity contribution >= 4 is 35.3 Å². The first-order chi connectivity index (χ1) is 12.6. The van der Waals surface area contributed by atoms with Crippen LogP contribution >= 0.6 is 21.4 Å². The van der Waals surface area contributed by atoms with Gasteiger partial charge in [-0.15, -0.1) is 0 Å². The van der Waals surface area contributed by atoms with Crippen LogP contribution in [0, 0.1) is 10.1 Å². The minimum Gasteiger partial charge on any atom is -0.497 e. The monoisotopic (exact) mass is 439 g/mol. The van der Waals surface area contributed by atoms with Gasteiger partial charge in [0.05, 0.1) is 12.0 Å². The minimum absolute atomic E-state index is 0.137. The van der Waals surface area contributed by atoms with E-state index in [1.54, 1.807) is 25.3 Å². The summed E-state index contributed by atoms with van der Waals surface area (Å²) >= 11 is 0. The van der Waals surface area contributed by atoms with Crippen molar-refractivity contribution < 1.29 is 18.1 Å². The average Bonchev–Trinajstić information content (AvgIpc) is 2.62. The van der Waals surface area contributed by atoms with Gasteiger partial charge in [-0.25, -0.2) is 0 Å². The second kappa shape index (κ2) is 16.3. The molecule has 0 amide bonds. The van der Waals surface area contributed by atoms with Crippen molar-refractivity contribution in [3.8, 4) is 5.75 Å². The van der Waals surface area contributed by atoms with Crippen molar-refractivity contribution in [2.75, 3.05) is 13.7 Å². The molecule has 0 atom stereocenters. The Morgan fingerprint density at radius 3 is 1.70 bits per heavy atom. The molecule has 0 bridgehead atoms. The summed E-state index contributed by atoms with van der Waals surface area (Å²) in [6.07, 6.45) is 0. The van der Waals surface area contributed by atoms with Crippen LogP contribution in [0.15, 0.2) is 54.6 Å². The zero-order valence-electron chi connectivity index (χ0n) is 14.9. The van der Waals surface area contributed by atoms with Gasteiger partial charge in [-0.2, -0.15) is 8.42 Å². The number of para-hydroxylation sites is 1. The van der Waals surface area contributed by atoms with Crippen molar-refractivity contribution in [2.45, 2.75) is 13.5 Å². The number of nitro benzene ring substituents is 1. The average molecular weight is 440 g/mol. The van der Waals surface area contributed by atoms with Crippen LogP contribution in [-0.4, -0.2) is 27.0 Å². The highest BCUT2D eigenvalue weighted by molar-refractivity contribution is 8.31. The number of hydrogen-bond acceptors (Lipinski definition) is 7. The van der Waals surface area contributed by atoms with Gasteiger partial charge >= 0.3 is 8.26 Å². The van der Waals surface area contributed by atoms with Crippen LogP contribution in [0.2, 0.25) is 0 Å². The Labute approximate surface area is 168 Å². The van der Waals surface area contributed by atoms with Gasteiger partial charge in [0, 0.05) is 40.0 Å². The molecule has 2 aromatic carbocycles. The highest BCUT2D eigenvalue weighted by atomic mass is 36.0. The fraction of sp³-hybridized carbons (Fsp3) is 0.250. The zero-order valence-corrected chi connectivity index (χ0v) is 17.2. The Morgan fingerprint density at radius 2 is 1.44 bits per heavy atom. The van der Waals surface area contributed by atoms with Crippen molar-refractivity contribution in [3.05, 3.63) is 70.3 Å². The van der Waals surface area contributed by atoms with Gasteiger partial charge in [0.25, 0.3) is 5.69 Å². The first-order valence-electron chi connectivity index (χ1n) is 7.45. The van der Waals surface area contributed by atoms with E-state index >= 15 is 0 Å². The molecule has 0 aliphatic heterocycles. The molecular weight excluding hydrogens is 417 g/mol. The van der Waals surface area contributed by atoms with Crippen molar-refractivity contribution in [2.24, 2.45) is 11.5 Å². The highest BCUT2D eigenvalue weighted by Gasteiger charge is 1.98. The molecule has 0 aromatic heterocycles. The molecule has 0 unspecified atom stereocenters. The first kappa shape index (κ1) is 27.3. The summed E-state index contributed by atoms with van der Waals surface area (Å²) in [6, 6.07) is 15.7.